The number of nitrogens with one attached hydrogen (secondary N) is 1. The van der Waals surface area contributed by atoms with E-state index in [0.29, 0.717) is 0 Å². The molecule has 0 aromatic rings. The minimum atomic E-state index is -0.955. The largest absolute Gasteiger partial charge is 0.480 e. The van der Waals surface area contributed by atoms with Crippen molar-refractivity contribution in [3.8, 4) is 0 Å². The third kappa shape index (κ3) is 4.72. The molecule has 5 heteroatoms. The van der Waals surface area contributed by atoms with Crippen LogP contribution in [0.3, 0.4) is 0 Å². The SMILES string of the molecule is CC(N)C(CO)NCC(=O)O. The van der Waals surface area contributed by atoms with Crippen molar-refractivity contribution in [1.29, 1.82) is 0 Å². The first kappa shape index (κ1) is 10.3. The van der Waals surface area contributed by atoms with Crippen LogP contribution in [0.1, 0.15) is 6.92 Å². The van der Waals surface area contributed by atoms with Crippen molar-refractivity contribution in [1.82, 2.24) is 5.32 Å². The summed E-state index contributed by atoms with van der Waals surface area (Å²) in [7, 11) is 0. The van der Waals surface area contributed by atoms with Crippen molar-refractivity contribution in [2.45, 2.75) is 19.0 Å². The van der Waals surface area contributed by atoms with Gasteiger partial charge >= 0.3 is 5.97 Å². The van der Waals surface area contributed by atoms with E-state index in [9.17, 15) is 4.79 Å². The van der Waals surface area contributed by atoms with Gasteiger partial charge in [-0.05, 0) is 6.92 Å². The zero-order valence-corrected chi connectivity index (χ0v) is 6.45. The maximum absolute atomic E-state index is 10.1. The predicted octanol–water partition coefficient (Wildman–Crippen LogP) is -1.63. The van der Waals surface area contributed by atoms with E-state index >= 15 is 0 Å². The molecule has 2 unspecified atom stereocenters. The Morgan fingerprint density at radius 2 is 2.27 bits per heavy atom. The van der Waals surface area contributed by atoms with E-state index in [1.807, 2.05) is 0 Å². The Morgan fingerprint density at radius 1 is 1.73 bits per heavy atom. The highest BCUT2D eigenvalue weighted by atomic mass is 16.4. The van der Waals surface area contributed by atoms with Gasteiger partial charge in [0.2, 0.25) is 0 Å². The van der Waals surface area contributed by atoms with Gasteiger partial charge in [-0.1, -0.05) is 0 Å². The van der Waals surface area contributed by atoms with E-state index in [-0.39, 0.29) is 25.2 Å². The lowest BCUT2D eigenvalue weighted by Gasteiger charge is -2.18. The summed E-state index contributed by atoms with van der Waals surface area (Å²) < 4.78 is 0. The van der Waals surface area contributed by atoms with Gasteiger partial charge in [-0.15, -0.1) is 0 Å². The molecule has 0 radical (unpaired) electrons. The highest BCUT2D eigenvalue weighted by molar-refractivity contribution is 5.69. The molecule has 0 aliphatic carbocycles. The number of rotatable bonds is 5. The number of hydrogen-bond donors (Lipinski definition) is 4. The Hall–Kier alpha value is -0.650. The number of carbonyl (C=O) groups is 1. The van der Waals surface area contributed by atoms with Crippen LogP contribution < -0.4 is 11.1 Å². The summed E-state index contributed by atoms with van der Waals surface area (Å²) in [6.07, 6.45) is 0. The molecule has 66 valence electrons. The molecule has 0 heterocycles. The molecule has 0 aromatic heterocycles. The molecule has 0 saturated heterocycles. The normalized spacial score (nSPS) is 15.9. The second-order valence-corrected chi connectivity index (χ2v) is 2.42. The van der Waals surface area contributed by atoms with Crippen molar-refractivity contribution >= 4 is 5.97 Å². The molecule has 0 spiro atoms. The number of hydrogen-bond acceptors (Lipinski definition) is 4. The molecule has 0 saturated carbocycles. The lowest BCUT2D eigenvalue weighted by molar-refractivity contribution is -0.136. The van der Waals surface area contributed by atoms with Crippen LogP contribution in [-0.4, -0.2) is 41.4 Å². The number of aliphatic hydroxyl groups excluding tert-OH is 1. The summed E-state index contributed by atoms with van der Waals surface area (Å²) in [4.78, 5) is 10.1. The fourth-order valence-corrected chi connectivity index (χ4v) is 0.635. The number of carboxylic acid groups (broad SMARTS) is 1. The van der Waals surface area contributed by atoms with Crippen LogP contribution in [0.5, 0.6) is 0 Å². The zero-order valence-electron chi connectivity index (χ0n) is 6.45. The standard InChI is InChI=1S/C6H14N2O3/c1-4(7)5(3-9)8-2-6(10)11/h4-5,8-9H,2-3,7H2,1H3,(H,10,11). The zero-order chi connectivity index (χ0) is 8.85. The van der Waals surface area contributed by atoms with Crippen molar-refractivity contribution in [3.63, 3.8) is 0 Å². The summed E-state index contributed by atoms with van der Waals surface area (Å²) in [5.41, 5.74) is 5.42. The Kier molecular flexibility index (Phi) is 4.76. The summed E-state index contributed by atoms with van der Waals surface area (Å²) >= 11 is 0. The highest BCUT2D eigenvalue weighted by Crippen LogP contribution is 1.86. The fraction of sp³-hybridized carbons (Fsp3) is 0.833. The molecule has 11 heavy (non-hydrogen) atoms. The number of aliphatic carboxylic acids is 1. The second-order valence-electron chi connectivity index (χ2n) is 2.42. The molecule has 2 atom stereocenters. The Bertz CT molecular complexity index is 127. The lowest BCUT2D eigenvalue weighted by Crippen LogP contribution is -2.47. The number of aliphatic hydroxyl groups is 1. The summed E-state index contributed by atoms with van der Waals surface area (Å²) in [6.45, 7) is 1.38. The van der Waals surface area contributed by atoms with E-state index in [1.54, 1.807) is 6.92 Å². The average molecular weight is 162 g/mol. The van der Waals surface area contributed by atoms with Crippen molar-refractivity contribution in [2.24, 2.45) is 5.73 Å². The predicted molar refractivity (Wildman–Crippen MR) is 40.2 cm³/mol. The minimum Gasteiger partial charge on any atom is -0.480 e. The summed E-state index contributed by atoms with van der Waals surface area (Å²) in [5, 5.41) is 19.5. The van der Waals surface area contributed by atoms with E-state index in [2.05, 4.69) is 5.32 Å². The third-order valence-electron chi connectivity index (χ3n) is 1.35. The summed E-state index contributed by atoms with van der Waals surface area (Å²) in [6, 6.07) is -0.592. The van der Waals surface area contributed by atoms with Crippen LogP contribution in [0.4, 0.5) is 0 Å². The maximum atomic E-state index is 10.1. The third-order valence-corrected chi connectivity index (χ3v) is 1.35. The first-order valence-corrected chi connectivity index (χ1v) is 3.39. The Morgan fingerprint density at radius 3 is 2.55 bits per heavy atom. The average Bonchev–Trinajstić information content (AvgIpc) is 1.87. The molecule has 0 bridgehead atoms. The summed E-state index contributed by atoms with van der Waals surface area (Å²) in [5.74, 6) is -0.955. The van der Waals surface area contributed by atoms with Gasteiger partial charge in [0.1, 0.15) is 0 Å². The first-order valence-electron chi connectivity index (χ1n) is 3.39. The van der Waals surface area contributed by atoms with Crippen LogP contribution in [0.15, 0.2) is 0 Å². The monoisotopic (exact) mass is 162 g/mol. The van der Waals surface area contributed by atoms with Gasteiger partial charge < -0.3 is 21.3 Å². The van der Waals surface area contributed by atoms with Gasteiger partial charge in [-0.3, -0.25) is 4.79 Å². The van der Waals surface area contributed by atoms with E-state index in [4.69, 9.17) is 15.9 Å². The Balaban J connectivity index is 3.61. The molecule has 0 fully saturated rings. The minimum absolute atomic E-state index is 0.148. The molecule has 0 rings (SSSR count). The second kappa shape index (κ2) is 5.06. The maximum Gasteiger partial charge on any atom is 0.317 e. The molecule has 0 aliphatic heterocycles. The molecular weight excluding hydrogens is 148 g/mol. The van der Waals surface area contributed by atoms with Gasteiger partial charge in [-0.25, -0.2) is 0 Å². The van der Waals surface area contributed by atoms with Crippen LogP contribution >= 0.6 is 0 Å². The van der Waals surface area contributed by atoms with E-state index < -0.39 is 5.97 Å². The van der Waals surface area contributed by atoms with Gasteiger partial charge in [-0.2, -0.15) is 0 Å². The van der Waals surface area contributed by atoms with Crippen molar-refractivity contribution in [2.75, 3.05) is 13.2 Å². The van der Waals surface area contributed by atoms with Gasteiger partial charge in [0, 0.05) is 12.1 Å². The number of carboxylic acids is 1. The lowest BCUT2D eigenvalue weighted by atomic mass is 10.2. The molecule has 5 N–H and O–H groups in total. The van der Waals surface area contributed by atoms with E-state index in [1.165, 1.54) is 0 Å². The fourth-order valence-electron chi connectivity index (χ4n) is 0.635. The van der Waals surface area contributed by atoms with Crippen LogP contribution in [0.25, 0.3) is 0 Å². The topological polar surface area (TPSA) is 95.6 Å². The van der Waals surface area contributed by atoms with Crippen LogP contribution in [-0.2, 0) is 4.79 Å². The molecule has 0 aliphatic rings. The molecule has 0 amide bonds. The van der Waals surface area contributed by atoms with Crippen LogP contribution in [0, 0.1) is 0 Å². The molecule has 5 nitrogen and oxygen atoms in total. The Labute approximate surface area is 65.2 Å². The smallest absolute Gasteiger partial charge is 0.317 e. The first-order chi connectivity index (χ1) is 5.07. The van der Waals surface area contributed by atoms with Crippen LogP contribution in [0.2, 0.25) is 0 Å². The van der Waals surface area contributed by atoms with Gasteiger partial charge in [0.05, 0.1) is 13.2 Å². The highest BCUT2D eigenvalue weighted by Gasteiger charge is 2.12. The van der Waals surface area contributed by atoms with Gasteiger partial charge in [0.15, 0.2) is 0 Å². The van der Waals surface area contributed by atoms with Crippen molar-refractivity contribution in [3.05, 3.63) is 0 Å². The van der Waals surface area contributed by atoms with Crippen molar-refractivity contribution < 1.29 is 15.0 Å². The van der Waals surface area contributed by atoms with Gasteiger partial charge in [0.25, 0.3) is 0 Å². The number of nitrogens with two attached hydrogens (primary N) is 1. The van der Waals surface area contributed by atoms with E-state index in [0.717, 1.165) is 0 Å². The quantitative estimate of drug-likeness (QED) is 0.389. The molecular formula is C6H14N2O3. The molecule has 0 aromatic carbocycles.